The highest BCUT2D eigenvalue weighted by Crippen LogP contribution is 2.08. The molecule has 0 fully saturated rings. The molecule has 0 saturated carbocycles. The molecule has 80 valence electrons. The Hall–Kier alpha value is -2.43. The topological polar surface area (TPSA) is 80.9 Å². The number of hydrogen-bond donors (Lipinski definition) is 2. The molecule has 2 rings (SSSR count). The molecule has 2 aromatic heterocycles. The summed E-state index contributed by atoms with van der Waals surface area (Å²) in [5.41, 5.74) is 6.60. The van der Waals surface area contributed by atoms with Crippen LogP contribution in [-0.2, 0) is 0 Å². The van der Waals surface area contributed by atoms with Crippen LogP contribution in [0.2, 0.25) is 0 Å². The van der Waals surface area contributed by atoms with Crippen LogP contribution in [0.25, 0.3) is 0 Å². The molecule has 0 spiro atoms. The highest BCUT2D eigenvalue weighted by atomic mass is 16.1. The van der Waals surface area contributed by atoms with E-state index in [-0.39, 0.29) is 5.91 Å². The monoisotopic (exact) mass is 214 g/mol. The summed E-state index contributed by atoms with van der Waals surface area (Å²) in [6.07, 6.45) is 4.70. The van der Waals surface area contributed by atoms with Gasteiger partial charge in [0.05, 0.1) is 11.9 Å². The van der Waals surface area contributed by atoms with Crippen molar-refractivity contribution in [3.05, 3.63) is 48.4 Å². The van der Waals surface area contributed by atoms with Gasteiger partial charge in [0.25, 0.3) is 5.91 Å². The van der Waals surface area contributed by atoms with Crippen LogP contribution in [-0.4, -0.2) is 15.9 Å². The number of nitrogens with two attached hydrogens (primary N) is 1. The van der Waals surface area contributed by atoms with E-state index >= 15 is 0 Å². The lowest BCUT2D eigenvalue weighted by molar-refractivity contribution is 0.102. The Bertz CT molecular complexity index is 498. The van der Waals surface area contributed by atoms with Crippen molar-refractivity contribution in [3.8, 4) is 0 Å². The maximum atomic E-state index is 11.7. The van der Waals surface area contributed by atoms with Crippen LogP contribution in [0, 0.1) is 0 Å². The van der Waals surface area contributed by atoms with Gasteiger partial charge in [-0.1, -0.05) is 0 Å². The van der Waals surface area contributed by atoms with Crippen molar-refractivity contribution in [1.82, 2.24) is 9.97 Å². The van der Waals surface area contributed by atoms with Crippen molar-refractivity contribution in [2.45, 2.75) is 0 Å². The maximum absolute atomic E-state index is 11.7. The first-order valence-electron chi connectivity index (χ1n) is 4.68. The van der Waals surface area contributed by atoms with Crippen LogP contribution < -0.4 is 11.1 Å². The third-order valence-electron chi connectivity index (χ3n) is 1.96. The number of nitrogens with one attached hydrogen (secondary N) is 1. The van der Waals surface area contributed by atoms with Crippen molar-refractivity contribution >= 4 is 17.4 Å². The summed E-state index contributed by atoms with van der Waals surface area (Å²) in [4.78, 5) is 19.5. The number of anilines is 2. The summed E-state index contributed by atoms with van der Waals surface area (Å²) in [6, 6.07) is 6.62. The van der Waals surface area contributed by atoms with E-state index < -0.39 is 0 Å². The number of carbonyl (C=O) groups excluding carboxylic acids is 1. The van der Waals surface area contributed by atoms with Gasteiger partial charge in [-0.05, 0) is 24.3 Å². The van der Waals surface area contributed by atoms with E-state index in [1.165, 1.54) is 12.3 Å². The molecule has 0 radical (unpaired) electrons. The van der Waals surface area contributed by atoms with Crippen molar-refractivity contribution in [2.75, 3.05) is 11.1 Å². The standard InChI is InChI=1S/C11H10N4O/c12-10-6-8(3-5-14-10)11(16)15-9-2-1-4-13-7-9/h1-7H,(H2,12,14)(H,15,16). The fourth-order valence-corrected chi connectivity index (χ4v) is 1.23. The lowest BCUT2D eigenvalue weighted by Crippen LogP contribution is -2.12. The minimum atomic E-state index is -0.234. The Labute approximate surface area is 92.3 Å². The molecule has 0 aliphatic rings. The summed E-state index contributed by atoms with van der Waals surface area (Å²) in [6.45, 7) is 0. The van der Waals surface area contributed by atoms with Gasteiger partial charge in [0, 0.05) is 18.0 Å². The molecule has 5 heteroatoms. The van der Waals surface area contributed by atoms with Gasteiger partial charge < -0.3 is 11.1 Å². The third kappa shape index (κ3) is 2.33. The van der Waals surface area contributed by atoms with Gasteiger partial charge in [-0.15, -0.1) is 0 Å². The number of amides is 1. The average Bonchev–Trinajstić information content (AvgIpc) is 2.30. The van der Waals surface area contributed by atoms with Crippen molar-refractivity contribution < 1.29 is 4.79 Å². The van der Waals surface area contributed by atoms with Crippen LogP contribution in [0.15, 0.2) is 42.9 Å². The second-order valence-electron chi connectivity index (χ2n) is 3.17. The highest BCUT2D eigenvalue weighted by molar-refractivity contribution is 6.04. The Balaban J connectivity index is 2.15. The minimum absolute atomic E-state index is 0.234. The second kappa shape index (κ2) is 4.39. The first kappa shape index (κ1) is 10.1. The SMILES string of the molecule is Nc1cc(C(=O)Nc2cccnc2)ccn1. The first-order chi connectivity index (χ1) is 7.75. The molecule has 2 heterocycles. The van der Waals surface area contributed by atoms with Gasteiger partial charge >= 0.3 is 0 Å². The Morgan fingerprint density at radius 2 is 2.19 bits per heavy atom. The number of nitrogens with zero attached hydrogens (tertiary/aromatic N) is 2. The summed E-state index contributed by atoms with van der Waals surface area (Å²) >= 11 is 0. The van der Waals surface area contributed by atoms with E-state index in [9.17, 15) is 4.79 Å². The van der Waals surface area contributed by atoms with E-state index in [1.54, 1.807) is 30.6 Å². The molecular formula is C11H10N4O. The average molecular weight is 214 g/mol. The number of aromatic nitrogens is 2. The zero-order chi connectivity index (χ0) is 11.4. The first-order valence-corrected chi connectivity index (χ1v) is 4.68. The van der Waals surface area contributed by atoms with Crippen LogP contribution in [0.3, 0.4) is 0 Å². The van der Waals surface area contributed by atoms with Gasteiger partial charge in [0.2, 0.25) is 0 Å². The highest BCUT2D eigenvalue weighted by Gasteiger charge is 2.06. The molecule has 0 atom stereocenters. The fourth-order valence-electron chi connectivity index (χ4n) is 1.23. The molecule has 3 N–H and O–H groups in total. The number of pyridine rings is 2. The van der Waals surface area contributed by atoms with Crippen molar-refractivity contribution in [3.63, 3.8) is 0 Å². The Morgan fingerprint density at radius 1 is 1.31 bits per heavy atom. The van der Waals surface area contributed by atoms with Gasteiger partial charge in [-0.2, -0.15) is 0 Å². The molecule has 16 heavy (non-hydrogen) atoms. The zero-order valence-corrected chi connectivity index (χ0v) is 8.42. The fraction of sp³-hybridized carbons (Fsp3) is 0. The number of carbonyl (C=O) groups is 1. The van der Waals surface area contributed by atoms with Crippen molar-refractivity contribution in [1.29, 1.82) is 0 Å². The summed E-state index contributed by atoms with van der Waals surface area (Å²) < 4.78 is 0. The second-order valence-corrected chi connectivity index (χ2v) is 3.17. The molecule has 0 bridgehead atoms. The molecule has 1 amide bonds. The summed E-state index contributed by atoms with van der Waals surface area (Å²) in [7, 11) is 0. The summed E-state index contributed by atoms with van der Waals surface area (Å²) in [5, 5.41) is 2.70. The number of hydrogen-bond acceptors (Lipinski definition) is 4. The maximum Gasteiger partial charge on any atom is 0.255 e. The number of rotatable bonds is 2. The molecule has 0 aliphatic carbocycles. The molecule has 5 nitrogen and oxygen atoms in total. The van der Waals surface area contributed by atoms with Gasteiger partial charge in [0.1, 0.15) is 5.82 Å². The summed E-state index contributed by atoms with van der Waals surface area (Å²) in [5.74, 6) is 0.0842. The molecule has 2 aromatic rings. The smallest absolute Gasteiger partial charge is 0.255 e. The molecule has 0 aliphatic heterocycles. The molecule has 0 unspecified atom stereocenters. The lowest BCUT2D eigenvalue weighted by atomic mass is 10.2. The lowest BCUT2D eigenvalue weighted by Gasteiger charge is -2.04. The van der Waals surface area contributed by atoms with Crippen LogP contribution in [0.4, 0.5) is 11.5 Å². The van der Waals surface area contributed by atoms with Crippen molar-refractivity contribution in [2.24, 2.45) is 0 Å². The largest absolute Gasteiger partial charge is 0.384 e. The van der Waals surface area contributed by atoms with E-state index in [4.69, 9.17) is 5.73 Å². The van der Waals surface area contributed by atoms with Gasteiger partial charge in [0.15, 0.2) is 0 Å². The van der Waals surface area contributed by atoms with Gasteiger partial charge in [-0.25, -0.2) is 4.98 Å². The Kier molecular flexibility index (Phi) is 2.77. The van der Waals surface area contributed by atoms with E-state index in [0.29, 0.717) is 17.1 Å². The van der Waals surface area contributed by atoms with E-state index in [2.05, 4.69) is 15.3 Å². The van der Waals surface area contributed by atoms with Crippen LogP contribution >= 0.6 is 0 Å². The van der Waals surface area contributed by atoms with Crippen LogP contribution in [0.1, 0.15) is 10.4 Å². The molecule has 0 saturated heterocycles. The molecular weight excluding hydrogens is 204 g/mol. The normalized spacial score (nSPS) is 9.75. The molecule has 0 aromatic carbocycles. The predicted molar refractivity (Wildman–Crippen MR) is 60.8 cm³/mol. The van der Waals surface area contributed by atoms with Crippen LogP contribution in [0.5, 0.6) is 0 Å². The van der Waals surface area contributed by atoms with E-state index in [0.717, 1.165) is 0 Å². The zero-order valence-electron chi connectivity index (χ0n) is 8.42. The van der Waals surface area contributed by atoms with Gasteiger partial charge in [-0.3, -0.25) is 9.78 Å². The quantitative estimate of drug-likeness (QED) is 0.789. The minimum Gasteiger partial charge on any atom is -0.384 e. The van der Waals surface area contributed by atoms with E-state index in [1.807, 2.05) is 0 Å². The predicted octanol–water partition coefficient (Wildman–Crippen LogP) is 1.31. The number of nitrogen functional groups attached to an aromatic ring is 1. The third-order valence-corrected chi connectivity index (χ3v) is 1.96. The Morgan fingerprint density at radius 3 is 2.88 bits per heavy atom.